The fraction of sp³-hybridized carbons (Fsp3) is 0.364. The minimum Gasteiger partial charge on any atom is -0.496 e. The molecule has 0 fully saturated rings. The maximum Gasteiger partial charge on any atom is 0.215 e. The van der Waals surface area contributed by atoms with Gasteiger partial charge in [0.15, 0.2) is 6.10 Å². The standard InChI is InChI=1S/C11H14ClNO3/c1-3-16-11(13)10(14)8-6-7(12)4-5-9(8)15-2/h4-6,10,13-14H,3H2,1-2H3/t10-/m0/s1. The summed E-state index contributed by atoms with van der Waals surface area (Å²) in [5.41, 5.74) is 0.424. The van der Waals surface area contributed by atoms with E-state index in [2.05, 4.69) is 0 Å². The molecule has 0 radical (unpaired) electrons. The summed E-state index contributed by atoms with van der Waals surface area (Å²) in [5, 5.41) is 17.8. The van der Waals surface area contributed by atoms with E-state index in [0.717, 1.165) is 0 Å². The van der Waals surface area contributed by atoms with Gasteiger partial charge in [-0.15, -0.1) is 0 Å². The van der Waals surface area contributed by atoms with Crippen LogP contribution in [0.2, 0.25) is 5.02 Å². The Morgan fingerprint density at radius 2 is 2.25 bits per heavy atom. The molecule has 1 rings (SSSR count). The summed E-state index contributed by atoms with van der Waals surface area (Å²) < 4.78 is 10.0. The molecule has 0 spiro atoms. The summed E-state index contributed by atoms with van der Waals surface area (Å²) in [6, 6.07) is 4.85. The lowest BCUT2D eigenvalue weighted by atomic mass is 10.1. The molecule has 0 unspecified atom stereocenters. The highest BCUT2D eigenvalue weighted by molar-refractivity contribution is 6.30. The van der Waals surface area contributed by atoms with E-state index in [1.165, 1.54) is 7.11 Å². The van der Waals surface area contributed by atoms with E-state index in [0.29, 0.717) is 22.9 Å². The molecular formula is C11H14ClNO3. The van der Waals surface area contributed by atoms with Crippen molar-refractivity contribution in [3.63, 3.8) is 0 Å². The van der Waals surface area contributed by atoms with Gasteiger partial charge in [-0.05, 0) is 25.1 Å². The minimum atomic E-state index is -1.16. The first kappa shape index (κ1) is 12.8. The Balaban J connectivity index is 3.01. The first-order valence-corrected chi connectivity index (χ1v) is 5.20. The zero-order chi connectivity index (χ0) is 12.1. The third kappa shape index (κ3) is 2.87. The van der Waals surface area contributed by atoms with Crippen molar-refractivity contribution in [2.24, 2.45) is 0 Å². The summed E-state index contributed by atoms with van der Waals surface area (Å²) in [4.78, 5) is 0. The van der Waals surface area contributed by atoms with Gasteiger partial charge in [0.1, 0.15) is 5.75 Å². The minimum absolute atomic E-state index is 0.219. The van der Waals surface area contributed by atoms with Gasteiger partial charge in [0.05, 0.1) is 13.7 Å². The second kappa shape index (κ2) is 5.72. The van der Waals surface area contributed by atoms with Crippen LogP contribution in [0, 0.1) is 5.41 Å². The summed E-state index contributed by atoms with van der Waals surface area (Å²) in [6.45, 7) is 2.08. The molecule has 16 heavy (non-hydrogen) atoms. The highest BCUT2D eigenvalue weighted by Crippen LogP contribution is 2.28. The Morgan fingerprint density at radius 3 is 2.81 bits per heavy atom. The molecule has 1 aromatic carbocycles. The monoisotopic (exact) mass is 243 g/mol. The fourth-order valence-corrected chi connectivity index (χ4v) is 1.48. The number of hydrogen-bond donors (Lipinski definition) is 2. The Morgan fingerprint density at radius 1 is 1.56 bits per heavy atom. The van der Waals surface area contributed by atoms with Crippen LogP contribution in [0.15, 0.2) is 18.2 Å². The number of ether oxygens (including phenoxy) is 2. The Hall–Kier alpha value is -1.26. The number of rotatable bonds is 4. The van der Waals surface area contributed by atoms with E-state index < -0.39 is 6.10 Å². The highest BCUT2D eigenvalue weighted by atomic mass is 35.5. The van der Waals surface area contributed by atoms with Crippen LogP contribution in [0.4, 0.5) is 0 Å². The Labute approximate surface area is 99.3 Å². The molecule has 0 saturated carbocycles. The molecule has 0 aliphatic heterocycles. The Bertz CT molecular complexity index is 381. The third-order valence-electron chi connectivity index (χ3n) is 2.03. The van der Waals surface area contributed by atoms with Gasteiger partial charge in [-0.25, -0.2) is 0 Å². The molecule has 0 saturated heterocycles. The van der Waals surface area contributed by atoms with E-state index in [9.17, 15) is 5.11 Å². The first-order chi connectivity index (χ1) is 7.60. The van der Waals surface area contributed by atoms with Crippen LogP contribution in [0.3, 0.4) is 0 Å². The van der Waals surface area contributed by atoms with Gasteiger partial charge in [0.25, 0.3) is 0 Å². The van der Waals surface area contributed by atoms with Gasteiger partial charge in [-0.1, -0.05) is 11.6 Å². The summed E-state index contributed by atoms with van der Waals surface area (Å²) in [5.74, 6) is 0.254. The van der Waals surface area contributed by atoms with Crippen LogP contribution in [-0.2, 0) is 4.74 Å². The molecule has 0 bridgehead atoms. The number of nitrogens with one attached hydrogen (secondary N) is 1. The molecule has 88 valence electrons. The predicted molar refractivity (Wildman–Crippen MR) is 62.3 cm³/mol. The molecule has 0 aliphatic carbocycles. The number of aliphatic hydroxyl groups excluding tert-OH is 1. The van der Waals surface area contributed by atoms with Gasteiger partial charge in [-0.2, -0.15) is 0 Å². The molecular weight excluding hydrogens is 230 g/mol. The molecule has 0 aromatic heterocycles. The van der Waals surface area contributed by atoms with Crippen LogP contribution in [0.5, 0.6) is 5.75 Å². The number of hydrogen-bond acceptors (Lipinski definition) is 4. The SMILES string of the molecule is CCOC(=N)[C@@H](O)c1cc(Cl)ccc1OC. The number of aliphatic hydroxyl groups is 1. The van der Waals surface area contributed by atoms with Gasteiger partial charge in [0.2, 0.25) is 5.90 Å². The summed E-state index contributed by atoms with van der Waals surface area (Å²) in [6.07, 6.45) is -1.16. The van der Waals surface area contributed by atoms with Crippen molar-refractivity contribution in [1.29, 1.82) is 5.41 Å². The van der Waals surface area contributed by atoms with Crippen LogP contribution >= 0.6 is 11.6 Å². The van der Waals surface area contributed by atoms with E-state index in [4.69, 9.17) is 26.5 Å². The largest absolute Gasteiger partial charge is 0.496 e. The van der Waals surface area contributed by atoms with Crippen molar-refractivity contribution in [3.05, 3.63) is 28.8 Å². The van der Waals surface area contributed by atoms with Crippen LogP contribution in [0.25, 0.3) is 0 Å². The molecule has 0 amide bonds. The fourth-order valence-electron chi connectivity index (χ4n) is 1.29. The van der Waals surface area contributed by atoms with E-state index in [1.807, 2.05) is 0 Å². The number of benzene rings is 1. The zero-order valence-corrected chi connectivity index (χ0v) is 9.91. The van der Waals surface area contributed by atoms with Crippen molar-refractivity contribution in [1.82, 2.24) is 0 Å². The van der Waals surface area contributed by atoms with Crippen LogP contribution in [0.1, 0.15) is 18.6 Å². The van der Waals surface area contributed by atoms with Crippen molar-refractivity contribution < 1.29 is 14.6 Å². The van der Waals surface area contributed by atoms with E-state index in [-0.39, 0.29) is 5.90 Å². The van der Waals surface area contributed by atoms with Gasteiger partial charge in [-0.3, -0.25) is 5.41 Å². The quantitative estimate of drug-likeness (QED) is 0.631. The van der Waals surface area contributed by atoms with E-state index in [1.54, 1.807) is 25.1 Å². The maximum atomic E-state index is 9.87. The van der Waals surface area contributed by atoms with Crippen molar-refractivity contribution in [2.75, 3.05) is 13.7 Å². The molecule has 0 aliphatic rings. The number of halogens is 1. The van der Waals surface area contributed by atoms with Crippen LogP contribution in [-0.4, -0.2) is 24.7 Å². The topological polar surface area (TPSA) is 62.5 Å². The zero-order valence-electron chi connectivity index (χ0n) is 9.16. The highest BCUT2D eigenvalue weighted by Gasteiger charge is 2.19. The molecule has 1 atom stereocenters. The van der Waals surface area contributed by atoms with Gasteiger partial charge >= 0.3 is 0 Å². The molecule has 0 heterocycles. The van der Waals surface area contributed by atoms with Crippen molar-refractivity contribution in [2.45, 2.75) is 13.0 Å². The second-order valence-electron chi connectivity index (χ2n) is 3.09. The van der Waals surface area contributed by atoms with Crippen molar-refractivity contribution >= 4 is 17.5 Å². The first-order valence-electron chi connectivity index (χ1n) is 4.82. The maximum absolute atomic E-state index is 9.87. The Kier molecular flexibility index (Phi) is 4.58. The predicted octanol–water partition coefficient (Wildman–Crippen LogP) is 2.40. The summed E-state index contributed by atoms with van der Waals surface area (Å²) >= 11 is 5.82. The van der Waals surface area contributed by atoms with Gasteiger partial charge < -0.3 is 14.6 Å². The lowest BCUT2D eigenvalue weighted by molar-refractivity contribution is 0.187. The average Bonchev–Trinajstić information content (AvgIpc) is 2.28. The van der Waals surface area contributed by atoms with E-state index >= 15 is 0 Å². The van der Waals surface area contributed by atoms with Crippen LogP contribution < -0.4 is 4.74 Å². The molecule has 2 N–H and O–H groups in total. The lowest BCUT2D eigenvalue weighted by Crippen LogP contribution is -2.15. The lowest BCUT2D eigenvalue weighted by Gasteiger charge is -2.15. The van der Waals surface area contributed by atoms with Gasteiger partial charge in [0, 0.05) is 10.6 Å². The summed E-state index contributed by atoms with van der Waals surface area (Å²) in [7, 11) is 1.49. The smallest absolute Gasteiger partial charge is 0.215 e. The van der Waals surface area contributed by atoms with Crippen molar-refractivity contribution in [3.8, 4) is 5.75 Å². The molecule has 1 aromatic rings. The molecule has 5 heteroatoms. The number of methoxy groups -OCH3 is 1. The normalized spacial score (nSPS) is 12.0. The third-order valence-corrected chi connectivity index (χ3v) is 2.27. The average molecular weight is 244 g/mol. The molecule has 4 nitrogen and oxygen atoms in total. The second-order valence-corrected chi connectivity index (χ2v) is 3.52.